The third kappa shape index (κ3) is 3.90. The molecule has 6 unspecified atom stereocenters. The number of rotatable bonds is 7. The van der Waals surface area contributed by atoms with Crippen LogP contribution in [0.4, 0.5) is 5.82 Å². The van der Waals surface area contributed by atoms with Crippen LogP contribution in [0, 0.1) is 0 Å². The summed E-state index contributed by atoms with van der Waals surface area (Å²) in [5.41, 5.74) is 0.353. The highest BCUT2D eigenvalue weighted by molar-refractivity contribution is 7.32. The Balaban J connectivity index is 2.00. The van der Waals surface area contributed by atoms with Crippen molar-refractivity contribution in [1.82, 2.24) is 19.5 Å². The van der Waals surface area contributed by atoms with E-state index in [2.05, 4.69) is 19.5 Å². The SMILES string of the molecule is CC1(O)C(O[PH](=O)O)C(CO[PH](=O)O)OC1n1cnc2c(NO)ncnc21. The average Bonchev–Trinajstić information content (AvgIpc) is 3.12. The van der Waals surface area contributed by atoms with Crippen LogP contribution < -0.4 is 5.48 Å². The fourth-order valence-electron chi connectivity index (χ4n) is 2.93. The van der Waals surface area contributed by atoms with Crippen molar-refractivity contribution in [2.45, 2.75) is 31.0 Å². The Bertz CT molecular complexity index is 877. The summed E-state index contributed by atoms with van der Waals surface area (Å²) in [6.07, 6.45) is -1.29. The molecule has 0 spiro atoms. The Hall–Kier alpha value is -1.47. The number of hydrogen-bond donors (Lipinski definition) is 5. The molecule has 2 aromatic rings. The minimum atomic E-state index is -3.47. The van der Waals surface area contributed by atoms with E-state index in [0.717, 1.165) is 6.33 Å². The molecule has 1 aliphatic heterocycles. The molecule has 14 nitrogen and oxygen atoms in total. The second-order valence-electron chi connectivity index (χ2n) is 5.79. The van der Waals surface area contributed by atoms with Gasteiger partial charge in [0.1, 0.15) is 24.1 Å². The van der Waals surface area contributed by atoms with Gasteiger partial charge in [-0.05, 0) is 6.92 Å². The van der Waals surface area contributed by atoms with Crippen molar-refractivity contribution in [3.63, 3.8) is 0 Å². The first kappa shape index (κ1) is 20.3. The number of nitrogens with zero attached hydrogens (tertiary/aromatic N) is 4. The highest BCUT2D eigenvalue weighted by Gasteiger charge is 2.55. The van der Waals surface area contributed by atoms with Crippen molar-refractivity contribution >= 4 is 33.5 Å². The fourth-order valence-corrected chi connectivity index (χ4v) is 3.84. The molecule has 0 amide bonds. The van der Waals surface area contributed by atoms with Crippen LogP contribution in [0.3, 0.4) is 0 Å². The van der Waals surface area contributed by atoms with Gasteiger partial charge in [-0.15, -0.1) is 0 Å². The van der Waals surface area contributed by atoms with Crippen molar-refractivity contribution in [2.75, 3.05) is 12.1 Å². The van der Waals surface area contributed by atoms with Crippen molar-refractivity contribution in [3.8, 4) is 0 Å². The van der Waals surface area contributed by atoms with E-state index in [1.807, 2.05) is 5.48 Å². The van der Waals surface area contributed by atoms with Gasteiger partial charge in [0.25, 0.3) is 0 Å². The number of imidazole rings is 1. The van der Waals surface area contributed by atoms with Gasteiger partial charge in [-0.3, -0.25) is 24.4 Å². The smallest absolute Gasteiger partial charge is 0.317 e. The Kier molecular flexibility index (Phi) is 5.91. The average molecular weight is 425 g/mol. The fraction of sp³-hybridized carbons (Fsp3) is 0.545. The first-order valence-electron chi connectivity index (χ1n) is 7.46. The maximum Gasteiger partial charge on any atom is 0.317 e. The molecular weight excluding hydrogens is 408 g/mol. The summed E-state index contributed by atoms with van der Waals surface area (Å²) in [7, 11) is -6.77. The van der Waals surface area contributed by atoms with Gasteiger partial charge < -0.3 is 28.7 Å². The molecule has 5 N–H and O–H groups in total. The highest BCUT2D eigenvalue weighted by Crippen LogP contribution is 2.44. The number of fused-ring (bicyclic) bond motifs is 1. The number of nitrogens with one attached hydrogen (secondary N) is 1. The predicted octanol–water partition coefficient (Wildman–Crippen LogP) is -0.558. The van der Waals surface area contributed by atoms with E-state index in [4.69, 9.17) is 24.3 Å². The highest BCUT2D eigenvalue weighted by atomic mass is 31.1. The summed E-state index contributed by atoms with van der Waals surface area (Å²) < 4.78 is 38.6. The van der Waals surface area contributed by atoms with E-state index >= 15 is 0 Å². The second kappa shape index (κ2) is 7.87. The van der Waals surface area contributed by atoms with E-state index in [-0.39, 0.29) is 17.0 Å². The molecule has 16 heteroatoms. The zero-order valence-corrected chi connectivity index (χ0v) is 15.7. The number of aliphatic hydroxyl groups is 1. The van der Waals surface area contributed by atoms with Crippen LogP contribution in [0.25, 0.3) is 11.2 Å². The molecule has 1 aliphatic rings. The Morgan fingerprint density at radius 2 is 2.07 bits per heavy atom. The molecule has 0 bridgehead atoms. The van der Waals surface area contributed by atoms with Crippen molar-refractivity contribution in [2.24, 2.45) is 0 Å². The lowest BCUT2D eigenvalue weighted by Crippen LogP contribution is -2.45. The van der Waals surface area contributed by atoms with Crippen molar-refractivity contribution < 1.29 is 43.0 Å². The number of hydrogen-bond acceptors (Lipinski definition) is 11. The molecule has 150 valence electrons. The molecule has 6 atom stereocenters. The maximum atomic E-state index is 11.2. The monoisotopic (exact) mass is 425 g/mol. The molecule has 27 heavy (non-hydrogen) atoms. The van der Waals surface area contributed by atoms with E-state index in [1.165, 1.54) is 17.8 Å². The normalized spacial score (nSPS) is 30.5. The van der Waals surface area contributed by atoms with Gasteiger partial charge in [0.05, 0.1) is 12.9 Å². The Labute approximate surface area is 152 Å². The van der Waals surface area contributed by atoms with Crippen LogP contribution in [0.15, 0.2) is 12.7 Å². The molecule has 3 rings (SSSR count). The van der Waals surface area contributed by atoms with E-state index in [9.17, 15) is 14.2 Å². The van der Waals surface area contributed by atoms with Gasteiger partial charge in [0.2, 0.25) is 0 Å². The first-order chi connectivity index (χ1) is 12.8. The summed E-state index contributed by atoms with van der Waals surface area (Å²) in [5.74, 6) is 0.0170. The van der Waals surface area contributed by atoms with Gasteiger partial charge in [0.15, 0.2) is 23.2 Å². The van der Waals surface area contributed by atoms with Crippen LogP contribution in [-0.4, -0.2) is 64.0 Å². The predicted molar refractivity (Wildman–Crippen MR) is 88.5 cm³/mol. The van der Waals surface area contributed by atoms with Gasteiger partial charge >= 0.3 is 16.5 Å². The molecule has 0 aliphatic carbocycles. The van der Waals surface area contributed by atoms with E-state index in [0.29, 0.717) is 0 Å². The molecule has 2 aromatic heterocycles. The third-order valence-corrected chi connectivity index (χ3v) is 4.90. The summed E-state index contributed by atoms with van der Waals surface area (Å²) in [5, 5.41) is 20.0. The third-order valence-electron chi connectivity index (χ3n) is 4.03. The maximum absolute atomic E-state index is 11.2. The lowest BCUT2D eigenvalue weighted by atomic mass is 9.96. The second-order valence-corrected chi connectivity index (χ2v) is 7.38. The molecule has 1 fully saturated rings. The molecule has 0 saturated carbocycles. The largest absolute Gasteiger partial charge is 0.383 e. The summed E-state index contributed by atoms with van der Waals surface area (Å²) >= 11 is 0. The van der Waals surface area contributed by atoms with Crippen LogP contribution >= 0.6 is 16.5 Å². The van der Waals surface area contributed by atoms with Gasteiger partial charge in [-0.25, -0.2) is 15.0 Å². The van der Waals surface area contributed by atoms with Gasteiger partial charge in [0, 0.05) is 0 Å². The standard InChI is InChI=1S/C11H17N5O9P2/c1-11(17)7(25-27(21)22)5(2-23-26(19)20)24-10(11)16-4-14-6-8(15-18)12-3-13-9(6)16/h3-5,7,10,17-18,26-27H,2H2,1H3,(H,19,20)(H,21,22)(H,12,13,15). The molecular formula is C11H17N5O9P2. The van der Waals surface area contributed by atoms with Crippen LogP contribution in [0.2, 0.25) is 0 Å². The van der Waals surface area contributed by atoms with Gasteiger partial charge in [-0.1, -0.05) is 0 Å². The topological polar surface area (TPSA) is 198 Å². The lowest BCUT2D eigenvalue weighted by Gasteiger charge is -2.29. The number of aromatic nitrogens is 4. The first-order valence-corrected chi connectivity index (χ1v) is 9.99. The molecule has 3 heterocycles. The lowest BCUT2D eigenvalue weighted by molar-refractivity contribution is -0.0920. The molecule has 1 saturated heterocycles. The minimum Gasteiger partial charge on any atom is -0.383 e. The van der Waals surface area contributed by atoms with E-state index in [1.54, 1.807) is 0 Å². The van der Waals surface area contributed by atoms with Crippen molar-refractivity contribution in [1.29, 1.82) is 0 Å². The Morgan fingerprint density at radius 3 is 2.70 bits per heavy atom. The zero-order valence-electron chi connectivity index (χ0n) is 13.7. The zero-order chi connectivity index (χ0) is 19.8. The summed E-state index contributed by atoms with van der Waals surface area (Å²) in [4.78, 5) is 29.9. The van der Waals surface area contributed by atoms with Crippen LogP contribution in [0.1, 0.15) is 13.2 Å². The van der Waals surface area contributed by atoms with E-state index < -0.39 is 47.2 Å². The number of anilines is 1. The summed E-state index contributed by atoms with van der Waals surface area (Å²) in [6.45, 7) is 0.833. The molecule has 0 aromatic carbocycles. The Morgan fingerprint density at radius 1 is 1.33 bits per heavy atom. The summed E-state index contributed by atoms with van der Waals surface area (Å²) in [6, 6.07) is 0. The number of ether oxygens (including phenoxy) is 1. The van der Waals surface area contributed by atoms with Crippen molar-refractivity contribution in [3.05, 3.63) is 12.7 Å². The van der Waals surface area contributed by atoms with Gasteiger partial charge in [-0.2, -0.15) is 0 Å². The molecule has 0 radical (unpaired) electrons. The quantitative estimate of drug-likeness (QED) is 0.280. The minimum absolute atomic E-state index is 0.0170. The van der Waals surface area contributed by atoms with Crippen LogP contribution in [-0.2, 0) is 22.9 Å². The van der Waals surface area contributed by atoms with Crippen LogP contribution in [0.5, 0.6) is 0 Å².